The average Bonchev–Trinajstić information content (AvgIpc) is 2.31. The Balaban J connectivity index is 0.000000461. The van der Waals surface area contributed by atoms with E-state index in [4.69, 9.17) is 0 Å². The highest BCUT2D eigenvalue weighted by Crippen LogP contribution is 2.16. The molecule has 0 unspecified atom stereocenters. The molecule has 0 saturated heterocycles. The van der Waals surface area contributed by atoms with Crippen molar-refractivity contribution < 1.29 is 0 Å². The Morgan fingerprint density at radius 1 is 1.14 bits per heavy atom. The van der Waals surface area contributed by atoms with Crippen LogP contribution in [-0.4, -0.2) is 4.98 Å². The first-order valence-corrected chi connectivity index (χ1v) is 4.88. The van der Waals surface area contributed by atoms with Crippen molar-refractivity contribution in [2.24, 2.45) is 0 Å². The maximum atomic E-state index is 4.24. The fourth-order valence-electron chi connectivity index (χ4n) is 1.30. The molecule has 1 aromatic heterocycles. The van der Waals surface area contributed by atoms with Crippen molar-refractivity contribution in [3.8, 4) is 0 Å². The lowest BCUT2D eigenvalue weighted by Crippen LogP contribution is -1.80. The molecule has 0 saturated carbocycles. The largest absolute Gasteiger partial charge is 0.256 e. The first kappa shape index (κ1) is 10.5. The Bertz CT molecular complexity index is 413. The average molecular weight is 185 g/mol. The molecule has 0 amide bonds. The number of benzene rings is 1. The van der Waals surface area contributed by atoms with Gasteiger partial charge in [0, 0.05) is 11.6 Å². The SMILES string of the molecule is C=Cc1ccnc2ccccc12.CC. The predicted molar refractivity (Wildman–Crippen MR) is 63.2 cm³/mol. The van der Waals surface area contributed by atoms with E-state index in [1.54, 1.807) is 6.20 Å². The normalized spacial score (nSPS) is 9.00. The van der Waals surface area contributed by atoms with Crippen LogP contribution in [0.25, 0.3) is 17.0 Å². The first-order valence-electron chi connectivity index (χ1n) is 4.88. The second kappa shape index (κ2) is 5.18. The quantitative estimate of drug-likeness (QED) is 0.656. The Labute approximate surface area is 85.1 Å². The van der Waals surface area contributed by atoms with E-state index in [2.05, 4.69) is 17.6 Å². The Morgan fingerprint density at radius 2 is 1.86 bits per heavy atom. The van der Waals surface area contributed by atoms with Crippen molar-refractivity contribution in [3.63, 3.8) is 0 Å². The van der Waals surface area contributed by atoms with E-state index in [1.807, 2.05) is 44.2 Å². The molecule has 0 aliphatic heterocycles. The van der Waals surface area contributed by atoms with Crippen LogP contribution in [0.3, 0.4) is 0 Å². The summed E-state index contributed by atoms with van der Waals surface area (Å²) in [6.45, 7) is 7.75. The number of rotatable bonds is 1. The molecule has 1 aromatic carbocycles. The lowest BCUT2D eigenvalue weighted by Gasteiger charge is -1.98. The zero-order chi connectivity index (χ0) is 10.4. The van der Waals surface area contributed by atoms with Crippen LogP contribution in [0.1, 0.15) is 19.4 Å². The fraction of sp³-hybridized carbons (Fsp3) is 0.154. The van der Waals surface area contributed by atoms with Gasteiger partial charge in [-0.05, 0) is 17.7 Å². The number of para-hydroxylation sites is 1. The number of pyridine rings is 1. The van der Waals surface area contributed by atoms with Crippen molar-refractivity contribution in [2.75, 3.05) is 0 Å². The summed E-state index contributed by atoms with van der Waals surface area (Å²) in [7, 11) is 0. The summed E-state index contributed by atoms with van der Waals surface area (Å²) in [5.41, 5.74) is 2.16. The van der Waals surface area contributed by atoms with Crippen molar-refractivity contribution in [1.82, 2.24) is 4.98 Å². The highest BCUT2D eigenvalue weighted by atomic mass is 14.6. The standard InChI is InChI=1S/C11H9N.C2H6/c1-2-9-7-8-12-11-6-4-3-5-10(9)11;1-2/h2-8H,1H2;1-2H3. The number of nitrogens with zero attached hydrogens (tertiary/aromatic N) is 1. The van der Waals surface area contributed by atoms with Gasteiger partial charge in [-0.3, -0.25) is 4.98 Å². The highest BCUT2D eigenvalue weighted by Gasteiger charge is 1.95. The highest BCUT2D eigenvalue weighted by molar-refractivity contribution is 5.87. The molecule has 0 aliphatic carbocycles. The maximum absolute atomic E-state index is 4.24. The van der Waals surface area contributed by atoms with Gasteiger partial charge in [-0.25, -0.2) is 0 Å². The predicted octanol–water partition coefficient (Wildman–Crippen LogP) is 3.90. The second-order valence-electron chi connectivity index (χ2n) is 2.62. The minimum absolute atomic E-state index is 1.02. The summed E-state index contributed by atoms with van der Waals surface area (Å²) >= 11 is 0. The molecule has 1 heterocycles. The lowest BCUT2D eigenvalue weighted by atomic mass is 10.1. The summed E-state index contributed by atoms with van der Waals surface area (Å²) in [6, 6.07) is 10.0. The fourth-order valence-corrected chi connectivity index (χ4v) is 1.30. The molecule has 2 aromatic rings. The van der Waals surface area contributed by atoms with Gasteiger partial charge < -0.3 is 0 Å². The molecule has 0 N–H and O–H groups in total. The molecule has 14 heavy (non-hydrogen) atoms. The van der Waals surface area contributed by atoms with Crippen LogP contribution in [0.5, 0.6) is 0 Å². The number of hydrogen-bond donors (Lipinski definition) is 0. The summed E-state index contributed by atoms with van der Waals surface area (Å²) in [4.78, 5) is 4.24. The molecule has 1 heteroatoms. The Hall–Kier alpha value is -1.63. The number of hydrogen-bond acceptors (Lipinski definition) is 1. The van der Waals surface area contributed by atoms with Gasteiger partial charge in [0.2, 0.25) is 0 Å². The second-order valence-corrected chi connectivity index (χ2v) is 2.62. The van der Waals surface area contributed by atoms with Gasteiger partial charge in [0.15, 0.2) is 0 Å². The molecular weight excluding hydrogens is 170 g/mol. The van der Waals surface area contributed by atoms with Gasteiger partial charge in [0.1, 0.15) is 0 Å². The van der Waals surface area contributed by atoms with E-state index in [0.29, 0.717) is 0 Å². The van der Waals surface area contributed by atoms with Crippen LogP contribution in [-0.2, 0) is 0 Å². The van der Waals surface area contributed by atoms with E-state index < -0.39 is 0 Å². The van der Waals surface area contributed by atoms with Gasteiger partial charge in [0.05, 0.1) is 5.52 Å². The van der Waals surface area contributed by atoms with Crippen LogP contribution in [0.4, 0.5) is 0 Å². The van der Waals surface area contributed by atoms with E-state index in [0.717, 1.165) is 16.5 Å². The first-order chi connectivity index (χ1) is 6.92. The molecule has 0 radical (unpaired) electrons. The summed E-state index contributed by atoms with van der Waals surface area (Å²) in [5.74, 6) is 0. The third-order valence-electron chi connectivity index (χ3n) is 1.90. The molecule has 0 aliphatic rings. The van der Waals surface area contributed by atoms with Gasteiger partial charge in [-0.2, -0.15) is 0 Å². The van der Waals surface area contributed by atoms with E-state index >= 15 is 0 Å². The van der Waals surface area contributed by atoms with Gasteiger partial charge in [-0.15, -0.1) is 0 Å². The van der Waals surface area contributed by atoms with Crippen LogP contribution in [0.15, 0.2) is 43.1 Å². The lowest BCUT2D eigenvalue weighted by molar-refractivity contribution is 1.41. The van der Waals surface area contributed by atoms with Crippen molar-refractivity contribution in [3.05, 3.63) is 48.7 Å². The number of aromatic nitrogens is 1. The van der Waals surface area contributed by atoms with Crippen LogP contribution < -0.4 is 0 Å². The minimum atomic E-state index is 1.02. The zero-order valence-electron chi connectivity index (χ0n) is 8.70. The Morgan fingerprint density at radius 3 is 2.57 bits per heavy atom. The van der Waals surface area contributed by atoms with Crippen LogP contribution in [0.2, 0.25) is 0 Å². The third kappa shape index (κ3) is 1.99. The monoisotopic (exact) mass is 185 g/mol. The summed E-state index contributed by atoms with van der Waals surface area (Å²) in [6.07, 6.45) is 3.66. The third-order valence-corrected chi connectivity index (χ3v) is 1.90. The van der Waals surface area contributed by atoms with Gasteiger partial charge in [-0.1, -0.05) is 44.7 Å². The smallest absolute Gasteiger partial charge is 0.0707 e. The topological polar surface area (TPSA) is 12.9 Å². The van der Waals surface area contributed by atoms with E-state index in [9.17, 15) is 0 Å². The molecule has 0 bridgehead atoms. The van der Waals surface area contributed by atoms with Crippen molar-refractivity contribution >= 4 is 17.0 Å². The zero-order valence-corrected chi connectivity index (χ0v) is 8.70. The van der Waals surface area contributed by atoms with Gasteiger partial charge >= 0.3 is 0 Å². The molecule has 1 nitrogen and oxygen atoms in total. The number of fused-ring (bicyclic) bond motifs is 1. The summed E-state index contributed by atoms with van der Waals surface area (Å²) < 4.78 is 0. The maximum Gasteiger partial charge on any atom is 0.0707 e. The minimum Gasteiger partial charge on any atom is -0.256 e. The van der Waals surface area contributed by atoms with E-state index in [-0.39, 0.29) is 0 Å². The summed E-state index contributed by atoms with van der Waals surface area (Å²) in [5, 5.41) is 1.16. The molecule has 0 fully saturated rings. The Kier molecular flexibility index (Phi) is 3.86. The van der Waals surface area contributed by atoms with Crippen LogP contribution >= 0.6 is 0 Å². The van der Waals surface area contributed by atoms with Gasteiger partial charge in [0.25, 0.3) is 0 Å². The van der Waals surface area contributed by atoms with Crippen molar-refractivity contribution in [2.45, 2.75) is 13.8 Å². The molecule has 2 rings (SSSR count). The molecule has 72 valence electrons. The van der Waals surface area contributed by atoms with Crippen LogP contribution in [0, 0.1) is 0 Å². The molecule has 0 atom stereocenters. The molecular formula is C13H15N. The molecule has 0 spiro atoms. The van der Waals surface area contributed by atoms with E-state index in [1.165, 1.54) is 0 Å². The van der Waals surface area contributed by atoms with Crippen molar-refractivity contribution in [1.29, 1.82) is 0 Å².